The summed E-state index contributed by atoms with van der Waals surface area (Å²) in [5.74, 6) is 0.885. The van der Waals surface area contributed by atoms with Gasteiger partial charge in [0.05, 0.1) is 6.10 Å². The summed E-state index contributed by atoms with van der Waals surface area (Å²) in [6, 6.07) is 0. The third-order valence-electron chi connectivity index (χ3n) is 3.77. The molecule has 0 radical (unpaired) electrons. The number of nitrogens with two attached hydrogens (primary N) is 1. The Hall–Kier alpha value is -0.120. The summed E-state index contributed by atoms with van der Waals surface area (Å²) in [5.41, 5.74) is 5.59. The van der Waals surface area contributed by atoms with E-state index in [-0.39, 0.29) is 0 Å². The van der Waals surface area contributed by atoms with Crippen molar-refractivity contribution in [3.05, 3.63) is 0 Å². The van der Waals surface area contributed by atoms with Crippen molar-refractivity contribution >= 4 is 0 Å². The normalized spacial score (nSPS) is 29.8. The van der Waals surface area contributed by atoms with Crippen LogP contribution in [0.3, 0.4) is 0 Å². The van der Waals surface area contributed by atoms with Gasteiger partial charge in [0.1, 0.15) is 0 Å². The highest BCUT2D eigenvalue weighted by Gasteiger charge is 2.23. The van der Waals surface area contributed by atoms with Gasteiger partial charge in [-0.3, -0.25) is 0 Å². The van der Waals surface area contributed by atoms with E-state index in [4.69, 9.17) is 10.5 Å². The fourth-order valence-electron chi connectivity index (χ4n) is 2.77. The Bertz CT molecular complexity index is 172. The van der Waals surface area contributed by atoms with Gasteiger partial charge in [0.2, 0.25) is 0 Å². The van der Waals surface area contributed by atoms with Crippen LogP contribution in [0.1, 0.15) is 32.1 Å². The van der Waals surface area contributed by atoms with Gasteiger partial charge in [0.15, 0.2) is 0 Å². The minimum absolute atomic E-state index is 0.524. The first-order valence-electron chi connectivity index (χ1n) is 6.42. The summed E-state index contributed by atoms with van der Waals surface area (Å²) in [4.78, 5) is 2.57. The van der Waals surface area contributed by atoms with E-state index in [2.05, 4.69) is 4.90 Å². The van der Waals surface area contributed by atoms with Crippen molar-refractivity contribution in [2.45, 2.75) is 38.2 Å². The lowest BCUT2D eigenvalue weighted by atomic mass is 9.93. The highest BCUT2D eigenvalue weighted by molar-refractivity contribution is 4.76. The molecule has 2 aliphatic heterocycles. The van der Waals surface area contributed by atoms with Gasteiger partial charge in [-0.15, -0.1) is 0 Å². The molecule has 0 aromatic rings. The highest BCUT2D eigenvalue weighted by atomic mass is 16.5. The molecule has 2 saturated heterocycles. The maximum absolute atomic E-state index is 5.67. The lowest BCUT2D eigenvalue weighted by Gasteiger charge is -2.33. The van der Waals surface area contributed by atoms with Crippen LogP contribution in [-0.2, 0) is 4.74 Å². The van der Waals surface area contributed by atoms with Crippen LogP contribution in [-0.4, -0.2) is 43.8 Å². The fourth-order valence-corrected chi connectivity index (χ4v) is 2.77. The number of hydrogen-bond donors (Lipinski definition) is 1. The van der Waals surface area contributed by atoms with Crippen molar-refractivity contribution in [3.8, 4) is 0 Å². The molecule has 2 aliphatic rings. The van der Waals surface area contributed by atoms with E-state index in [1.165, 1.54) is 45.2 Å². The largest absolute Gasteiger partial charge is 0.377 e. The summed E-state index contributed by atoms with van der Waals surface area (Å²) < 4.78 is 5.67. The van der Waals surface area contributed by atoms with Gasteiger partial charge in [-0.1, -0.05) is 0 Å². The lowest BCUT2D eigenvalue weighted by molar-refractivity contribution is 0.0593. The molecule has 0 spiro atoms. The predicted molar refractivity (Wildman–Crippen MR) is 61.8 cm³/mol. The topological polar surface area (TPSA) is 38.5 Å². The summed E-state index contributed by atoms with van der Waals surface area (Å²) in [7, 11) is 0. The third-order valence-corrected chi connectivity index (χ3v) is 3.77. The molecule has 0 aliphatic carbocycles. The van der Waals surface area contributed by atoms with Crippen molar-refractivity contribution in [3.63, 3.8) is 0 Å². The van der Waals surface area contributed by atoms with Gasteiger partial charge in [-0.05, 0) is 57.7 Å². The zero-order valence-corrected chi connectivity index (χ0v) is 9.66. The van der Waals surface area contributed by atoms with Gasteiger partial charge in [-0.25, -0.2) is 0 Å². The van der Waals surface area contributed by atoms with Gasteiger partial charge in [-0.2, -0.15) is 0 Å². The van der Waals surface area contributed by atoms with Crippen molar-refractivity contribution in [1.82, 2.24) is 4.90 Å². The molecular weight excluding hydrogens is 188 g/mol. The van der Waals surface area contributed by atoms with E-state index in [9.17, 15) is 0 Å². The van der Waals surface area contributed by atoms with Crippen LogP contribution in [0.25, 0.3) is 0 Å². The molecule has 3 heteroatoms. The highest BCUT2D eigenvalue weighted by Crippen LogP contribution is 2.21. The first kappa shape index (κ1) is 11.4. The Labute approximate surface area is 93.0 Å². The second-order valence-corrected chi connectivity index (χ2v) is 4.96. The molecule has 3 nitrogen and oxygen atoms in total. The molecule has 0 aromatic carbocycles. The minimum Gasteiger partial charge on any atom is -0.377 e. The molecule has 1 atom stereocenters. The zero-order chi connectivity index (χ0) is 10.5. The first-order valence-corrected chi connectivity index (χ1v) is 6.42. The van der Waals surface area contributed by atoms with Crippen LogP contribution in [0.2, 0.25) is 0 Å². The predicted octanol–water partition coefficient (Wildman–Crippen LogP) is 1.23. The van der Waals surface area contributed by atoms with E-state index < -0.39 is 0 Å². The Morgan fingerprint density at radius 1 is 1.20 bits per heavy atom. The van der Waals surface area contributed by atoms with Crippen molar-refractivity contribution in [2.24, 2.45) is 11.7 Å². The third kappa shape index (κ3) is 3.44. The van der Waals surface area contributed by atoms with Crippen LogP contribution in [0.5, 0.6) is 0 Å². The molecule has 88 valence electrons. The molecule has 0 saturated carbocycles. The zero-order valence-electron chi connectivity index (χ0n) is 9.66. The first-order chi connectivity index (χ1) is 7.38. The molecule has 0 bridgehead atoms. The van der Waals surface area contributed by atoms with Gasteiger partial charge < -0.3 is 15.4 Å². The van der Waals surface area contributed by atoms with E-state index in [1.807, 2.05) is 0 Å². The number of ether oxygens (including phenoxy) is 1. The monoisotopic (exact) mass is 212 g/mol. The van der Waals surface area contributed by atoms with Crippen LogP contribution in [0.15, 0.2) is 0 Å². The van der Waals surface area contributed by atoms with Crippen LogP contribution >= 0.6 is 0 Å². The Balaban J connectivity index is 1.64. The van der Waals surface area contributed by atoms with Crippen LogP contribution in [0, 0.1) is 5.92 Å². The molecule has 2 rings (SSSR count). The fraction of sp³-hybridized carbons (Fsp3) is 1.00. The van der Waals surface area contributed by atoms with Gasteiger partial charge in [0.25, 0.3) is 0 Å². The van der Waals surface area contributed by atoms with Crippen LogP contribution < -0.4 is 5.73 Å². The van der Waals surface area contributed by atoms with Crippen molar-refractivity contribution in [2.75, 3.05) is 32.8 Å². The Morgan fingerprint density at radius 3 is 2.60 bits per heavy atom. The van der Waals surface area contributed by atoms with E-state index in [1.54, 1.807) is 0 Å². The number of hydrogen-bond acceptors (Lipinski definition) is 3. The SMILES string of the molecule is NCCC1CCN(CC2CCCO2)CC1. The standard InChI is InChI=1S/C12H24N2O/c13-6-3-11-4-7-14(8-5-11)10-12-2-1-9-15-12/h11-12H,1-10,13H2. The molecule has 2 fully saturated rings. The smallest absolute Gasteiger partial charge is 0.0702 e. The minimum atomic E-state index is 0.524. The number of likely N-dealkylation sites (tertiary alicyclic amines) is 1. The molecule has 1 unspecified atom stereocenters. The second kappa shape index (κ2) is 5.83. The molecule has 2 N–H and O–H groups in total. The van der Waals surface area contributed by atoms with Gasteiger partial charge in [0, 0.05) is 13.2 Å². The quantitative estimate of drug-likeness (QED) is 0.761. The molecule has 15 heavy (non-hydrogen) atoms. The maximum Gasteiger partial charge on any atom is 0.0702 e. The second-order valence-electron chi connectivity index (χ2n) is 4.96. The van der Waals surface area contributed by atoms with Crippen molar-refractivity contribution < 1.29 is 4.74 Å². The van der Waals surface area contributed by atoms with Crippen molar-refractivity contribution in [1.29, 1.82) is 0 Å². The van der Waals surface area contributed by atoms with Gasteiger partial charge >= 0.3 is 0 Å². The molecular formula is C12H24N2O. The average molecular weight is 212 g/mol. The summed E-state index contributed by atoms with van der Waals surface area (Å²) in [5, 5.41) is 0. The van der Waals surface area contributed by atoms with E-state index >= 15 is 0 Å². The van der Waals surface area contributed by atoms with E-state index in [0.717, 1.165) is 25.6 Å². The Morgan fingerprint density at radius 2 is 2.00 bits per heavy atom. The van der Waals surface area contributed by atoms with E-state index in [0.29, 0.717) is 6.10 Å². The number of rotatable bonds is 4. The average Bonchev–Trinajstić information content (AvgIpc) is 2.74. The van der Waals surface area contributed by atoms with Crippen LogP contribution in [0.4, 0.5) is 0 Å². The summed E-state index contributed by atoms with van der Waals surface area (Å²) >= 11 is 0. The lowest BCUT2D eigenvalue weighted by Crippen LogP contribution is -2.39. The molecule has 0 aromatic heterocycles. The number of piperidine rings is 1. The Kier molecular flexibility index (Phi) is 4.42. The molecule has 2 heterocycles. The number of nitrogens with zero attached hydrogens (tertiary/aromatic N) is 1. The molecule has 0 amide bonds. The maximum atomic E-state index is 5.67. The summed E-state index contributed by atoms with van der Waals surface area (Å²) in [6.45, 7) is 5.51. The summed E-state index contributed by atoms with van der Waals surface area (Å²) in [6.07, 6.45) is 6.94.